The summed E-state index contributed by atoms with van der Waals surface area (Å²) < 4.78 is 4.97. The first-order chi connectivity index (χ1) is 6.34. The molecule has 2 rings (SSSR count). The van der Waals surface area contributed by atoms with Crippen LogP contribution in [0.5, 0.6) is 0 Å². The molecule has 1 fully saturated rings. The number of hydrogen-bond acceptors (Lipinski definition) is 3. The molecule has 72 valence electrons. The summed E-state index contributed by atoms with van der Waals surface area (Å²) in [6, 6.07) is 1.98. The van der Waals surface area contributed by atoms with E-state index in [1.54, 1.807) is 0 Å². The molecule has 1 saturated carbocycles. The maximum Gasteiger partial charge on any atom is 0.133 e. The minimum absolute atomic E-state index is 0.841. The Hall–Kier alpha value is -0.830. The van der Waals surface area contributed by atoms with Crippen LogP contribution in [0.4, 0.5) is 0 Å². The number of rotatable bonds is 4. The molecule has 3 heteroatoms. The molecule has 0 aromatic carbocycles. The van der Waals surface area contributed by atoms with Gasteiger partial charge < -0.3 is 9.84 Å². The number of hydrogen-bond donors (Lipinski definition) is 1. The summed E-state index contributed by atoms with van der Waals surface area (Å²) in [5.41, 5.74) is 1.01. The van der Waals surface area contributed by atoms with Crippen molar-refractivity contribution in [2.24, 2.45) is 5.92 Å². The van der Waals surface area contributed by atoms with Gasteiger partial charge in [-0.1, -0.05) is 11.6 Å². The first-order valence-electron chi connectivity index (χ1n) is 4.97. The smallest absolute Gasteiger partial charge is 0.133 e. The van der Waals surface area contributed by atoms with Crippen LogP contribution in [0.25, 0.3) is 0 Å². The standard InChI is InChI=1S/C10H16N2O/c1-8-5-10(12-13-8)7-11-6-9-3-2-4-9/h5,9,11H,2-4,6-7H2,1H3. The lowest BCUT2D eigenvalue weighted by Crippen LogP contribution is -2.26. The number of nitrogens with one attached hydrogen (secondary N) is 1. The van der Waals surface area contributed by atoms with Crippen molar-refractivity contribution in [1.82, 2.24) is 10.5 Å². The van der Waals surface area contributed by atoms with E-state index in [1.165, 1.54) is 19.3 Å². The lowest BCUT2D eigenvalue weighted by Gasteiger charge is -2.25. The maximum absolute atomic E-state index is 4.97. The van der Waals surface area contributed by atoms with Crippen LogP contribution in [0.1, 0.15) is 30.7 Å². The SMILES string of the molecule is Cc1cc(CNCC2CCC2)no1. The van der Waals surface area contributed by atoms with Gasteiger partial charge in [0.1, 0.15) is 5.76 Å². The highest BCUT2D eigenvalue weighted by molar-refractivity contribution is 5.02. The van der Waals surface area contributed by atoms with Crippen molar-refractivity contribution in [3.63, 3.8) is 0 Å². The van der Waals surface area contributed by atoms with Crippen molar-refractivity contribution >= 4 is 0 Å². The van der Waals surface area contributed by atoms with Crippen LogP contribution >= 0.6 is 0 Å². The van der Waals surface area contributed by atoms with Crippen LogP contribution in [0.15, 0.2) is 10.6 Å². The van der Waals surface area contributed by atoms with Gasteiger partial charge in [-0.25, -0.2) is 0 Å². The average molecular weight is 180 g/mol. The fourth-order valence-corrected chi connectivity index (χ4v) is 1.60. The van der Waals surface area contributed by atoms with Crippen LogP contribution < -0.4 is 5.32 Å². The molecular weight excluding hydrogens is 164 g/mol. The molecule has 0 aliphatic heterocycles. The van der Waals surface area contributed by atoms with E-state index in [0.717, 1.165) is 30.5 Å². The van der Waals surface area contributed by atoms with E-state index in [0.29, 0.717) is 0 Å². The van der Waals surface area contributed by atoms with Gasteiger partial charge in [-0.3, -0.25) is 0 Å². The van der Waals surface area contributed by atoms with Crippen LogP contribution in [0.2, 0.25) is 0 Å². The third-order valence-corrected chi connectivity index (χ3v) is 2.64. The molecule has 0 unspecified atom stereocenters. The number of aromatic nitrogens is 1. The van der Waals surface area contributed by atoms with Crippen LogP contribution in [0, 0.1) is 12.8 Å². The van der Waals surface area contributed by atoms with E-state index in [9.17, 15) is 0 Å². The normalized spacial score (nSPS) is 17.3. The zero-order valence-electron chi connectivity index (χ0n) is 8.05. The monoisotopic (exact) mass is 180 g/mol. The molecule has 1 aromatic rings. The van der Waals surface area contributed by atoms with Crippen molar-refractivity contribution in [3.05, 3.63) is 17.5 Å². The summed E-state index contributed by atoms with van der Waals surface area (Å²) in [5, 5.41) is 7.31. The van der Waals surface area contributed by atoms with Crippen molar-refractivity contribution in [2.75, 3.05) is 6.54 Å². The van der Waals surface area contributed by atoms with E-state index in [2.05, 4.69) is 10.5 Å². The Bertz CT molecular complexity index is 266. The zero-order chi connectivity index (χ0) is 9.10. The second kappa shape index (κ2) is 3.92. The highest BCUT2D eigenvalue weighted by atomic mass is 16.5. The van der Waals surface area contributed by atoms with Gasteiger partial charge >= 0.3 is 0 Å². The van der Waals surface area contributed by atoms with Gasteiger partial charge in [-0.15, -0.1) is 0 Å². The third kappa shape index (κ3) is 2.31. The van der Waals surface area contributed by atoms with Gasteiger partial charge in [0.25, 0.3) is 0 Å². The fourth-order valence-electron chi connectivity index (χ4n) is 1.60. The summed E-state index contributed by atoms with van der Waals surface area (Å²) >= 11 is 0. The lowest BCUT2D eigenvalue weighted by molar-refractivity contribution is 0.299. The van der Waals surface area contributed by atoms with Gasteiger partial charge in [-0.05, 0) is 32.2 Å². The molecule has 0 atom stereocenters. The molecule has 0 saturated heterocycles. The Morgan fingerprint density at radius 2 is 2.46 bits per heavy atom. The molecule has 0 bridgehead atoms. The average Bonchev–Trinajstić information content (AvgIpc) is 2.42. The molecule has 3 nitrogen and oxygen atoms in total. The van der Waals surface area contributed by atoms with Crippen molar-refractivity contribution in [3.8, 4) is 0 Å². The maximum atomic E-state index is 4.97. The summed E-state index contributed by atoms with van der Waals surface area (Å²) in [5.74, 6) is 1.80. The Kier molecular flexibility index (Phi) is 2.64. The highest BCUT2D eigenvalue weighted by Crippen LogP contribution is 2.25. The van der Waals surface area contributed by atoms with E-state index in [-0.39, 0.29) is 0 Å². The lowest BCUT2D eigenvalue weighted by atomic mass is 9.85. The predicted molar refractivity (Wildman–Crippen MR) is 50.3 cm³/mol. The molecular formula is C10H16N2O. The molecule has 1 aliphatic carbocycles. The van der Waals surface area contributed by atoms with Crippen molar-refractivity contribution < 1.29 is 4.52 Å². The highest BCUT2D eigenvalue weighted by Gasteiger charge is 2.16. The van der Waals surface area contributed by atoms with Crippen LogP contribution in [-0.4, -0.2) is 11.7 Å². The molecule has 13 heavy (non-hydrogen) atoms. The molecule has 0 spiro atoms. The van der Waals surface area contributed by atoms with Gasteiger partial charge in [0.2, 0.25) is 0 Å². The topological polar surface area (TPSA) is 38.1 Å². The number of nitrogens with zero attached hydrogens (tertiary/aromatic N) is 1. The Morgan fingerprint density at radius 3 is 3.00 bits per heavy atom. The zero-order valence-corrected chi connectivity index (χ0v) is 8.05. The van der Waals surface area contributed by atoms with Gasteiger partial charge in [0, 0.05) is 12.6 Å². The van der Waals surface area contributed by atoms with Crippen molar-refractivity contribution in [1.29, 1.82) is 0 Å². The van der Waals surface area contributed by atoms with E-state index in [1.807, 2.05) is 13.0 Å². The molecule has 1 aliphatic rings. The van der Waals surface area contributed by atoms with Gasteiger partial charge in [0.15, 0.2) is 0 Å². The number of aryl methyl sites for hydroxylation is 1. The van der Waals surface area contributed by atoms with Gasteiger partial charge in [-0.2, -0.15) is 0 Å². The van der Waals surface area contributed by atoms with E-state index >= 15 is 0 Å². The first-order valence-corrected chi connectivity index (χ1v) is 4.97. The van der Waals surface area contributed by atoms with Crippen molar-refractivity contribution in [2.45, 2.75) is 32.7 Å². The first kappa shape index (κ1) is 8.75. The van der Waals surface area contributed by atoms with Crippen LogP contribution in [-0.2, 0) is 6.54 Å². The molecule has 0 radical (unpaired) electrons. The summed E-state index contributed by atoms with van der Waals surface area (Å²) in [6.07, 6.45) is 4.20. The second-order valence-electron chi connectivity index (χ2n) is 3.86. The Labute approximate surface area is 78.5 Å². The summed E-state index contributed by atoms with van der Waals surface area (Å²) in [7, 11) is 0. The quantitative estimate of drug-likeness (QED) is 0.768. The fraction of sp³-hybridized carbons (Fsp3) is 0.700. The Morgan fingerprint density at radius 1 is 1.62 bits per heavy atom. The summed E-state index contributed by atoms with van der Waals surface area (Å²) in [6.45, 7) is 3.89. The molecule has 1 aromatic heterocycles. The molecule has 1 heterocycles. The second-order valence-corrected chi connectivity index (χ2v) is 3.86. The molecule has 0 amide bonds. The minimum Gasteiger partial charge on any atom is -0.361 e. The van der Waals surface area contributed by atoms with Crippen LogP contribution in [0.3, 0.4) is 0 Å². The van der Waals surface area contributed by atoms with E-state index in [4.69, 9.17) is 4.52 Å². The Balaban J connectivity index is 1.67. The van der Waals surface area contributed by atoms with E-state index < -0.39 is 0 Å². The largest absolute Gasteiger partial charge is 0.361 e. The summed E-state index contributed by atoms with van der Waals surface area (Å²) in [4.78, 5) is 0. The minimum atomic E-state index is 0.841. The molecule has 1 N–H and O–H groups in total. The predicted octanol–water partition coefficient (Wildman–Crippen LogP) is 1.87. The van der Waals surface area contributed by atoms with Gasteiger partial charge in [0.05, 0.1) is 5.69 Å². The third-order valence-electron chi connectivity index (χ3n) is 2.64.